The summed E-state index contributed by atoms with van der Waals surface area (Å²) in [6.45, 7) is 2.00. The Labute approximate surface area is 108 Å². The van der Waals surface area contributed by atoms with Crippen molar-refractivity contribution >= 4 is 22.4 Å². The first-order valence-electron chi connectivity index (χ1n) is 5.33. The maximum Gasteiger partial charge on any atom is 0.276 e. The Bertz CT molecular complexity index is 432. The Morgan fingerprint density at radius 1 is 1.59 bits per heavy atom. The molecule has 0 amide bonds. The van der Waals surface area contributed by atoms with E-state index in [1.807, 2.05) is 7.05 Å². The van der Waals surface area contributed by atoms with Gasteiger partial charge in [-0.2, -0.15) is 4.31 Å². The van der Waals surface area contributed by atoms with E-state index in [0.717, 1.165) is 13.0 Å². The van der Waals surface area contributed by atoms with Crippen molar-refractivity contribution < 1.29 is 12.8 Å². The number of hydrogen-bond acceptors (Lipinski definition) is 4. The van der Waals surface area contributed by atoms with Crippen molar-refractivity contribution in [3.05, 3.63) is 18.4 Å². The molecular formula is C10H17ClN2O3S. The number of furan rings is 1. The van der Waals surface area contributed by atoms with Gasteiger partial charge in [0.15, 0.2) is 0 Å². The zero-order chi connectivity index (χ0) is 11.6. The lowest BCUT2D eigenvalue weighted by Gasteiger charge is -2.14. The van der Waals surface area contributed by atoms with Crippen LogP contribution >= 0.6 is 12.4 Å². The van der Waals surface area contributed by atoms with Crippen molar-refractivity contribution in [2.24, 2.45) is 5.92 Å². The van der Waals surface area contributed by atoms with Crippen LogP contribution in [-0.4, -0.2) is 39.4 Å². The number of rotatable bonds is 4. The van der Waals surface area contributed by atoms with E-state index >= 15 is 0 Å². The molecule has 17 heavy (non-hydrogen) atoms. The van der Waals surface area contributed by atoms with E-state index in [-0.39, 0.29) is 17.5 Å². The molecule has 1 fully saturated rings. The summed E-state index contributed by atoms with van der Waals surface area (Å²) in [6, 6.07) is 3.08. The van der Waals surface area contributed by atoms with Crippen LogP contribution in [0.5, 0.6) is 0 Å². The topological polar surface area (TPSA) is 62.6 Å². The highest BCUT2D eigenvalue weighted by atomic mass is 35.5. The van der Waals surface area contributed by atoms with E-state index in [1.54, 1.807) is 6.07 Å². The van der Waals surface area contributed by atoms with Crippen LogP contribution in [-0.2, 0) is 10.0 Å². The molecule has 0 bridgehead atoms. The van der Waals surface area contributed by atoms with Gasteiger partial charge in [0.25, 0.3) is 10.0 Å². The molecule has 1 aliphatic rings. The van der Waals surface area contributed by atoms with Crippen molar-refractivity contribution in [1.82, 2.24) is 9.62 Å². The Kier molecular flexibility index (Phi) is 5.00. The van der Waals surface area contributed by atoms with E-state index in [1.165, 1.54) is 16.6 Å². The summed E-state index contributed by atoms with van der Waals surface area (Å²) >= 11 is 0. The third-order valence-electron chi connectivity index (χ3n) is 2.83. The Morgan fingerprint density at radius 3 is 2.94 bits per heavy atom. The number of nitrogens with zero attached hydrogens (tertiary/aromatic N) is 1. The van der Waals surface area contributed by atoms with Crippen LogP contribution in [0.25, 0.3) is 0 Å². The lowest BCUT2D eigenvalue weighted by atomic mass is 10.1. The first-order valence-corrected chi connectivity index (χ1v) is 6.77. The smallest absolute Gasteiger partial charge is 0.276 e. The van der Waals surface area contributed by atoms with Crippen LogP contribution in [0.3, 0.4) is 0 Å². The summed E-state index contributed by atoms with van der Waals surface area (Å²) in [5, 5.41) is 3.11. The van der Waals surface area contributed by atoms with Gasteiger partial charge in [0.2, 0.25) is 5.09 Å². The summed E-state index contributed by atoms with van der Waals surface area (Å²) < 4.78 is 30.6. The molecule has 2 rings (SSSR count). The van der Waals surface area contributed by atoms with E-state index in [4.69, 9.17) is 4.42 Å². The second-order valence-electron chi connectivity index (χ2n) is 4.01. The predicted molar refractivity (Wildman–Crippen MR) is 66.7 cm³/mol. The van der Waals surface area contributed by atoms with Crippen LogP contribution < -0.4 is 5.32 Å². The summed E-state index contributed by atoms with van der Waals surface area (Å²) in [4.78, 5) is 0. The molecule has 2 heterocycles. The van der Waals surface area contributed by atoms with Crippen molar-refractivity contribution in [2.45, 2.75) is 11.5 Å². The Hall–Kier alpha value is -0.560. The minimum absolute atomic E-state index is 0. The molecule has 1 atom stereocenters. The van der Waals surface area contributed by atoms with Gasteiger partial charge in [0.05, 0.1) is 6.26 Å². The van der Waals surface area contributed by atoms with Crippen LogP contribution in [0.2, 0.25) is 0 Å². The third-order valence-corrected chi connectivity index (χ3v) is 4.58. The predicted octanol–water partition coefficient (Wildman–Crippen LogP) is 0.931. The molecule has 0 spiro atoms. The van der Waals surface area contributed by atoms with Crippen LogP contribution in [0.15, 0.2) is 27.9 Å². The molecule has 1 saturated heterocycles. The monoisotopic (exact) mass is 280 g/mol. The van der Waals surface area contributed by atoms with Gasteiger partial charge in [-0.3, -0.25) is 0 Å². The molecular weight excluding hydrogens is 264 g/mol. The molecule has 0 aromatic carbocycles. The van der Waals surface area contributed by atoms with Crippen molar-refractivity contribution in [3.63, 3.8) is 0 Å². The summed E-state index contributed by atoms with van der Waals surface area (Å²) in [6.07, 6.45) is 2.29. The van der Waals surface area contributed by atoms with Crippen molar-refractivity contribution in [1.29, 1.82) is 0 Å². The lowest BCUT2D eigenvalue weighted by Crippen LogP contribution is -2.30. The fourth-order valence-electron chi connectivity index (χ4n) is 2.01. The molecule has 1 unspecified atom stereocenters. The first kappa shape index (κ1) is 14.5. The number of sulfonamides is 1. The molecule has 0 saturated carbocycles. The number of hydrogen-bond donors (Lipinski definition) is 1. The van der Waals surface area contributed by atoms with Gasteiger partial charge < -0.3 is 9.73 Å². The largest absolute Gasteiger partial charge is 0.452 e. The molecule has 0 aliphatic carbocycles. The van der Waals surface area contributed by atoms with Gasteiger partial charge in [-0.15, -0.1) is 12.4 Å². The molecule has 0 radical (unpaired) electrons. The number of halogens is 1. The normalized spacial score (nSPS) is 21.4. The van der Waals surface area contributed by atoms with E-state index < -0.39 is 10.0 Å². The highest BCUT2D eigenvalue weighted by molar-refractivity contribution is 7.89. The molecule has 1 aromatic rings. The minimum atomic E-state index is -3.41. The lowest BCUT2D eigenvalue weighted by molar-refractivity contribution is 0.403. The second kappa shape index (κ2) is 5.86. The molecule has 1 N–H and O–H groups in total. The Balaban J connectivity index is 0.00000144. The van der Waals surface area contributed by atoms with Crippen LogP contribution in [0, 0.1) is 5.92 Å². The molecule has 1 aliphatic heterocycles. The highest BCUT2D eigenvalue weighted by Crippen LogP contribution is 2.23. The first-order chi connectivity index (χ1) is 7.64. The fourth-order valence-corrected chi connectivity index (χ4v) is 3.44. The van der Waals surface area contributed by atoms with E-state index in [2.05, 4.69) is 5.32 Å². The Morgan fingerprint density at radius 2 is 2.35 bits per heavy atom. The molecule has 1 aromatic heterocycles. The maximum absolute atomic E-state index is 12.1. The second-order valence-corrected chi connectivity index (χ2v) is 5.88. The average Bonchev–Trinajstić information content (AvgIpc) is 2.88. The SMILES string of the molecule is CNCC1CCN(S(=O)(=O)c2ccco2)C1.Cl. The van der Waals surface area contributed by atoms with E-state index in [9.17, 15) is 8.42 Å². The van der Waals surface area contributed by atoms with Gasteiger partial charge in [-0.25, -0.2) is 8.42 Å². The summed E-state index contributed by atoms with van der Waals surface area (Å²) in [7, 11) is -1.53. The summed E-state index contributed by atoms with van der Waals surface area (Å²) in [5.74, 6) is 0.398. The van der Waals surface area contributed by atoms with Crippen LogP contribution in [0.4, 0.5) is 0 Å². The molecule has 98 valence electrons. The third kappa shape index (κ3) is 3.01. The number of nitrogens with one attached hydrogen (secondary N) is 1. The van der Waals surface area contributed by atoms with Gasteiger partial charge in [-0.1, -0.05) is 0 Å². The van der Waals surface area contributed by atoms with Crippen LogP contribution in [0.1, 0.15) is 6.42 Å². The van der Waals surface area contributed by atoms with Gasteiger partial charge in [0.1, 0.15) is 0 Å². The zero-order valence-electron chi connectivity index (χ0n) is 9.63. The molecule has 5 nitrogen and oxygen atoms in total. The van der Waals surface area contributed by atoms with Gasteiger partial charge >= 0.3 is 0 Å². The summed E-state index contributed by atoms with van der Waals surface area (Å²) in [5.41, 5.74) is 0. The van der Waals surface area contributed by atoms with E-state index in [0.29, 0.717) is 19.0 Å². The van der Waals surface area contributed by atoms with Crippen molar-refractivity contribution in [2.75, 3.05) is 26.7 Å². The van der Waals surface area contributed by atoms with Gasteiger partial charge in [0, 0.05) is 13.1 Å². The fraction of sp³-hybridized carbons (Fsp3) is 0.600. The zero-order valence-corrected chi connectivity index (χ0v) is 11.3. The standard InChI is InChI=1S/C10H16N2O3S.ClH/c1-11-7-9-4-5-12(8-9)16(13,14)10-3-2-6-15-10;/h2-3,6,9,11H,4-5,7-8H2,1H3;1H. The molecule has 7 heteroatoms. The van der Waals surface area contributed by atoms with Crippen molar-refractivity contribution in [3.8, 4) is 0 Å². The van der Waals surface area contributed by atoms with Gasteiger partial charge in [-0.05, 0) is 38.1 Å². The quantitative estimate of drug-likeness (QED) is 0.891. The minimum Gasteiger partial charge on any atom is -0.452 e. The average molecular weight is 281 g/mol. The maximum atomic E-state index is 12.1. The highest BCUT2D eigenvalue weighted by Gasteiger charge is 2.33.